The molecule has 0 aromatic heterocycles. The molecule has 0 atom stereocenters. The molecule has 3 N–H and O–H groups in total. The van der Waals surface area contributed by atoms with Gasteiger partial charge in [-0.1, -0.05) is 48.5 Å². The van der Waals surface area contributed by atoms with Crippen molar-refractivity contribution < 1.29 is 9.18 Å². The number of carbonyl (C=O) groups excluding carboxylic acids is 1. The van der Waals surface area contributed by atoms with Crippen molar-refractivity contribution in [3.63, 3.8) is 0 Å². The van der Waals surface area contributed by atoms with Crippen LogP contribution in [-0.4, -0.2) is 37.0 Å². The van der Waals surface area contributed by atoms with Crippen LogP contribution in [0.3, 0.4) is 0 Å². The zero-order valence-corrected chi connectivity index (χ0v) is 15.0. The van der Waals surface area contributed by atoms with Gasteiger partial charge in [-0.3, -0.25) is 9.69 Å². The zero-order valence-electron chi connectivity index (χ0n) is 14.2. The number of nitrogens with zero attached hydrogens (tertiary/aromatic N) is 1. The van der Waals surface area contributed by atoms with Gasteiger partial charge in [0, 0.05) is 31.7 Å². The summed E-state index contributed by atoms with van der Waals surface area (Å²) in [6, 6.07) is 16.6. The van der Waals surface area contributed by atoms with Crippen LogP contribution in [-0.2, 0) is 17.8 Å². The fourth-order valence-corrected chi connectivity index (χ4v) is 2.48. The van der Waals surface area contributed by atoms with Crippen molar-refractivity contribution in [1.29, 1.82) is 0 Å². The maximum Gasteiger partial charge on any atom is 0.234 e. The summed E-state index contributed by atoms with van der Waals surface area (Å²) in [7, 11) is 0. The normalized spacial score (nSPS) is 10.4. The van der Waals surface area contributed by atoms with Gasteiger partial charge in [0.1, 0.15) is 5.82 Å². The van der Waals surface area contributed by atoms with Gasteiger partial charge in [-0.25, -0.2) is 4.39 Å². The van der Waals surface area contributed by atoms with E-state index in [0.717, 1.165) is 13.0 Å². The summed E-state index contributed by atoms with van der Waals surface area (Å²) in [6.07, 6.45) is 0.863. The maximum absolute atomic E-state index is 13.6. The average molecular weight is 366 g/mol. The molecule has 0 unspecified atom stereocenters. The second-order valence-electron chi connectivity index (χ2n) is 5.67. The molecule has 2 aromatic carbocycles. The average Bonchev–Trinajstić information content (AvgIpc) is 2.60. The van der Waals surface area contributed by atoms with E-state index in [1.807, 2.05) is 23.1 Å². The molecule has 2 aromatic rings. The smallest absolute Gasteiger partial charge is 0.234 e. The molecule has 0 aliphatic carbocycles. The van der Waals surface area contributed by atoms with Crippen LogP contribution in [0.4, 0.5) is 4.39 Å². The van der Waals surface area contributed by atoms with Crippen LogP contribution in [0.5, 0.6) is 0 Å². The molecule has 2 rings (SSSR count). The summed E-state index contributed by atoms with van der Waals surface area (Å²) < 4.78 is 13.6. The number of hydrogen-bond acceptors (Lipinski definition) is 3. The van der Waals surface area contributed by atoms with Crippen molar-refractivity contribution in [1.82, 2.24) is 10.2 Å². The molecule has 0 spiro atoms. The zero-order chi connectivity index (χ0) is 17.2. The summed E-state index contributed by atoms with van der Waals surface area (Å²) in [5.74, 6) is -0.430. The number of hydrogen-bond donors (Lipinski definition) is 2. The Balaban J connectivity index is 0.00000312. The lowest BCUT2D eigenvalue weighted by Crippen LogP contribution is -2.40. The predicted molar refractivity (Wildman–Crippen MR) is 101 cm³/mol. The van der Waals surface area contributed by atoms with Gasteiger partial charge in [0.15, 0.2) is 0 Å². The standard InChI is InChI=1S/C19H24FN3O.ClH/c20-18-9-5-4-8-17(18)14-22-19(24)15-23(13-11-21)12-10-16-6-2-1-3-7-16;/h1-9H,10-15,21H2,(H,22,24);1H. The molecular weight excluding hydrogens is 341 g/mol. The summed E-state index contributed by atoms with van der Waals surface area (Å²) in [5, 5.41) is 2.77. The van der Waals surface area contributed by atoms with E-state index in [4.69, 9.17) is 5.73 Å². The highest BCUT2D eigenvalue weighted by atomic mass is 35.5. The first-order chi connectivity index (χ1) is 11.7. The van der Waals surface area contributed by atoms with E-state index in [0.29, 0.717) is 18.7 Å². The van der Waals surface area contributed by atoms with Crippen LogP contribution < -0.4 is 11.1 Å². The molecular formula is C19H25ClFN3O. The van der Waals surface area contributed by atoms with Crippen molar-refractivity contribution in [3.05, 3.63) is 71.5 Å². The molecule has 6 heteroatoms. The molecule has 0 heterocycles. The number of carbonyl (C=O) groups is 1. The fraction of sp³-hybridized carbons (Fsp3) is 0.316. The highest BCUT2D eigenvalue weighted by molar-refractivity contribution is 5.85. The first-order valence-electron chi connectivity index (χ1n) is 8.15. The number of amides is 1. The fourth-order valence-electron chi connectivity index (χ4n) is 2.48. The van der Waals surface area contributed by atoms with Gasteiger partial charge in [-0.15, -0.1) is 12.4 Å². The number of halogens is 2. The van der Waals surface area contributed by atoms with Gasteiger partial charge in [0.2, 0.25) is 5.91 Å². The lowest BCUT2D eigenvalue weighted by Gasteiger charge is -2.21. The topological polar surface area (TPSA) is 58.4 Å². The third-order valence-electron chi connectivity index (χ3n) is 3.81. The molecule has 0 fully saturated rings. The molecule has 0 radical (unpaired) electrons. The summed E-state index contributed by atoms with van der Waals surface area (Å²) in [5.41, 5.74) is 7.35. The maximum atomic E-state index is 13.6. The van der Waals surface area contributed by atoms with E-state index in [9.17, 15) is 9.18 Å². The van der Waals surface area contributed by atoms with Gasteiger partial charge in [-0.05, 0) is 18.1 Å². The first-order valence-corrected chi connectivity index (χ1v) is 8.15. The van der Waals surface area contributed by atoms with Crippen molar-refractivity contribution >= 4 is 18.3 Å². The third kappa shape index (κ3) is 7.65. The molecule has 1 amide bonds. The minimum atomic E-state index is -0.305. The highest BCUT2D eigenvalue weighted by Crippen LogP contribution is 2.05. The Morgan fingerprint density at radius 2 is 1.72 bits per heavy atom. The molecule has 0 aliphatic heterocycles. The van der Waals surface area contributed by atoms with E-state index >= 15 is 0 Å². The van der Waals surface area contributed by atoms with E-state index < -0.39 is 0 Å². The monoisotopic (exact) mass is 365 g/mol. The Bertz CT molecular complexity index is 640. The van der Waals surface area contributed by atoms with Crippen molar-refractivity contribution in [2.45, 2.75) is 13.0 Å². The van der Waals surface area contributed by atoms with Crippen LogP contribution in [0.1, 0.15) is 11.1 Å². The lowest BCUT2D eigenvalue weighted by atomic mass is 10.1. The summed E-state index contributed by atoms with van der Waals surface area (Å²) in [4.78, 5) is 14.1. The second-order valence-corrected chi connectivity index (χ2v) is 5.67. The van der Waals surface area contributed by atoms with E-state index in [1.165, 1.54) is 11.6 Å². The Labute approximate surface area is 154 Å². The summed E-state index contributed by atoms with van der Waals surface area (Å²) in [6.45, 7) is 2.36. The molecule has 0 saturated carbocycles. The van der Waals surface area contributed by atoms with Gasteiger partial charge in [-0.2, -0.15) is 0 Å². The molecule has 0 saturated heterocycles. The lowest BCUT2D eigenvalue weighted by molar-refractivity contribution is -0.122. The quantitative estimate of drug-likeness (QED) is 0.717. The minimum absolute atomic E-state index is 0. The summed E-state index contributed by atoms with van der Waals surface area (Å²) >= 11 is 0. The highest BCUT2D eigenvalue weighted by Gasteiger charge is 2.11. The minimum Gasteiger partial charge on any atom is -0.351 e. The van der Waals surface area contributed by atoms with E-state index in [2.05, 4.69) is 17.4 Å². The molecule has 0 bridgehead atoms. The van der Waals surface area contributed by atoms with Gasteiger partial charge >= 0.3 is 0 Å². The van der Waals surface area contributed by atoms with Crippen LogP contribution in [0.2, 0.25) is 0 Å². The third-order valence-corrected chi connectivity index (χ3v) is 3.81. The van der Waals surface area contributed by atoms with Crippen molar-refractivity contribution in [2.24, 2.45) is 5.73 Å². The van der Waals surface area contributed by atoms with Crippen LogP contribution in [0.25, 0.3) is 0 Å². The predicted octanol–water partition coefficient (Wildman–Crippen LogP) is 2.37. The van der Waals surface area contributed by atoms with E-state index in [-0.39, 0.29) is 37.2 Å². The Kier molecular flexibility index (Phi) is 9.77. The molecule has 136 valence electrons. The SMILES string of the molecule is Cl.NCCN(CCc1ccccc1)CC(=O)NCc1ccccc1F. The Hall–Kier alpha value is -1.95. The van der Waals surface area contributed by atoms with E-state index in [1.54, 1.807) is 18.2 Å². The van der Waals surface area contributed by atoms with Gasteiger partial charge < -0.3 is 11.1 Å². The van der Waals surface area contributed by atoms with Gasteiger partial charge in [0.25, 0.3) is 0 Å². The molecule has 0 aliphatic rings. The number of rotatable bonds is 9. The second kappa shape index (κ2) is 11.6. The molecule has 25 heavy (non-hydrogen) atoms. The largest absolute Gasteiger partial charge is 0.351 e. The number of nitrogens with one attached hydrogen (secondary N) is 1. The van der Waals surface area contributed by atoms with Crippen LogP contribution in [0.15, 0.2) is 54.6 Å². The van der Waals surface area contributed by atoms with Crippen LogP contribution in [0, 0.1) is 5.82 Å². The first kappa shape index (κ1) is 21.1. The number of nitrogens with two attached hydrogens (primary N) is 1. The number of benzene rings is 2. The van der Waals surface area contributed by atoms with Gasteiger partial charge in [0.05, 0.1) is 6.54 Å². The Morgan fingerprint density at radius 1 is 1.04 bits per heavy atom. The van der Waals surface area contributed by atoms with Crippen molar-refractivity contribution in [3.8, 4) is 0 Å². The molecule has 4 nitrogen and oxygen atoms in total. The van der Waals surface area contributed by atoms with Crippen molar-refractivity contribution in [2.75, 3.05) is 26.2 Å². The Morgan fingerprint density at radius 3 is 2.40 bits per heavy atom. The van der Waals surface area contributed by atoms with Crippen LogP contribution >= 0.6 is 12.4 Å².